The predicted octanol–water partition coefficient (Wildman–Crippen LogP) is 3.95. The van der Waals surface area contributed by atoms with Crippen LogP contribution in [0.2, 0.25) is 0 Å². The fourth-order valence-electron chi connectivity index (χ4n) is 4.38. The molecule has 1 aromatic heterocycles. The van der Waals surface area contributed by atoms with E-state index in [9.17, 15) is 14.4 Å². The molecule has 1 N–H and O–H groups in total. The smallest absolute Gasteiger partial charge is 0.337 e. The number of aromatic nitrogens is 3. The number of ether oxygens (including phenoxy) is 1. The standard InChI is InChI=1S/C30H33N5O4/c1-30(2,3)31-28(37)27(22-14-16-23(17-15-22)29(38)39-4)34(19-18-21-10-6-5-7-11-21)26(36)20-35-25-13-9-8-12-24(25)32-33-35/h5-17,27H,18-20H2,1-4H3,(H,31,37). The minimum Gasteiger partial charge on any atom is -0.465 e. The van der Waals surface area contributed by atoms with Gasteiger partial charge >= 0.3 is 5.97 Å². The molecule has 2 amide bonds. The van der Waals surface area contributed by atoms with E-state index in [0.717, 1.165) is 11.1 Å². The first-order chi connectivity index (χ1) is 18.7. The highest BCUT2D eigenvalue weighted by Gasteiger charge is 2.33. The van der Waals surface area contributed by atoms with Crippen molar-refractivity contribution in [2.75, 3.05) is 13.7 Å². The second-order valence-electron chi connectivity index (χ2n) is 10.3. The number of hydrogen-bond acceptors (Lipinski definition) is 6. The van der Waals surface area contributed by atoms with Gasteiger partial charge in [-0.25, -0.2) is 9.48 Å². The molecule has 0 aliphatic heterocycles. The summed E-state index contributed by atoms with van der Waals surface area (Å²) in [5.74, 6) is -1.09. The zero-order valence-corrected chi connectivity index (χ0v) is 22.6. The Kier molecular flexibility index (Phi) is 8.39. The maximum absolute atomic E-state index is 14.0. The van der Waals surface area contributed by atoms with Crippen LogP contribution in [0.4, 0.5) is 0 Å². The first kappa shape index (κ1) is 27.5. The fourth-order valence-corrected chi connectivity index (χ4v) is 4.38. The number of benzene rings is 3. The van der Waals surface area contributed by atoms with Crippen LogP contribution in [0.5, 0.6) is 0 Å². The van der Waals surface area contributed by atoms with E-state index in [4.69, 9.17) is 4.74 Å². The second kappa shape index (κ2) is 11.9. The third-order valence-electron chi connectivity index (χ3n) is 6.22. The van der Waals surface area contributed by atoms with E-state index in [1.165, 1.54) is 7.11 Å². The summed E-state index contributed by atoms with van der Waals surface area (Å²) < 4.78 is 6.37. The number of carbonyl (C=O) groups excluding carboxylic acids is 3. The van der Waals surface area contributed by atoms with Crippen molar-refractivity contribution >= 4 is 28.8 Å². The topological polar surface area (TPSA) is 106 Å². The van der Waals surface area contributed by atoms with Gasteiger partial charge < -0.3 is 15.0 Å². The van der Waals surface area contributed by atoms with Crippen molar-refractivity contribution in [1.29, 1.82) is 0 Å². The lowest BCUT2D eigenvalue weighted by atomic mass is 9.99. The molecule has 0 aliphatic carbocycles. The van der Waals surface area contributed by atoms with Crippen molar-refractivity contribution in [2.45, 2.75) is 45.3 Å². The summed E-state index contributed by atoms with van der Waals surface area (Å²) in [6, 6.07) is 22.8. The number of fused-ring (bicyclic) bond motifs is 1. The van der Waals surface area contributed by atoms with Crippen LogP contribution in [0.1, 0.15) is 48.3 Å². The maximum atomic E-state index is 14.0. The average Bonchev–Trinajstić information content (AvgIpc) is 3.32. The summed E-state index contributed by atoms with van der Waals surface area (Å²) in [4.78, 5) is 41.3. The summed E-state index contributed by atoms with van der Waals surface area (Å²) in [5.41, 5.74) is 2.85. The van der Waals surface area contributed by atoms with Crippen LogP contribution >= 0.6 is 0 Å². The number of esters is 1. The first-order valence-corrected chi connectivity index (χ1v) is 12.8. The summed E-state index contributed by atoms with van der Waals surface area (Å²) in [6.07, 6.45) is 0.546. The minimum absolute atomic E-state index is 0.0884. The Labute approximate surface area is 227 Å². The molecule has 1 unspecified atom stereocenters. The van der Waals surface area contributed by atoms with Crippen LogP contribution < -0.4 is 5.32 Å². The lowest BCUT2D eigenvalue weighted by molar-refractivity contribution is -0.142. The van der Waals surface area contributed by atoms with E-state index in [1.54, 1.807) is 33.8 Å². The predicted molar refractivity (Wildman–Crippen MR) is 148 cm³/mol. The number of carbonyl (C=O) groups is 3. The van der Waals surface area contributed by atoms with Gasteiger partial charge in [0.15, 0.2) is 0 Å². The molecule has 1 heterocycles. The SMILES string of the molecule is COC(=O)c1ccc(C(C(=O)NC(C)(C)C)N(CCc2ccccc2)C(=O)Cn2nnc3ccccc32)cc1. The molecule has 0 radical (unpaired) electrons. The lowest BCUT2D eigenvalue weighted by Crippen LogP contribution is -2.50. The number of nitrogens with one attached hydrogen (secondary N) is 1. The number of nitrogens with zero attached hydrogens (tertiary/aromatic N) is 4. The van der Waals surface area contributed by atoms with Crippen LogP contribution in [-0.2, 0) is 27.3 Å². The van der Waals surface area contributed by atoms with Crippen molar-refractivity contribution in [2.24, 2.45) is 0 Å². The number of hydrogen-bond donors (Lipinski definition) is 1. The zero-order chi connectivity index (χ0) is 28.0. The highest BCUT2D eigenvalue weighted by molar-refractivity contribution is 5.91. The van der Waals surface area contributed by atoms with Crippen molar-refractivity contribution in [3.8, 4) is 0 Å². The summed E-state index contributed by atoms with van der Waals surface area (Å²) in [5, 5.41) is 11.4. The number of para-hydroxylation sites is 1. The first-order valence-electron chi connectivity index (χ1n) is 12.8. The van der Waals surface area contributed by atoms with Gasteiger partial charge in [-0.05, 0) is 62.6 Å². The molecule has 0 fully saturated rings. The molecule has 0 saturated heterocycles. The van der Waals surface area contributed by atoms with Crippen molar-refractivity contribution in [1.82, 2.24) is 25.2 Å². The summed E-state index contributed by atoms with van der Waals surface area (Å²) >= 11 is 0. The lowest BCUT2D eigenvalue weighted by Gasteiger charge is -2.34. The van der Waals surface area contributed by atoms with Crippen LogP contribution in [0, 0.1) is 0 Å². The molecule has 0 bridgehead atoms. The van der Waals surface area contributed by atoms with E-state index in [2.05, 4.69) is 15.6 Å². The minimum atomic E-state index is -0.943. The van der Waals surface area contributed by atoms with Gasteiger partial charge in [-0.3, -0.25) is 9.59 Å². The molecule has 9 nitrogen and oxygen atoms in total. The molecule has 3 aromatic carbocycles. The van der Waals surface area contributed by atoms with Gasteiger partial charge in [-0.1, -0.05) is 59.8 Å². The molecule has 39 heavy (non-hydrogen) atoms. The molecule has 0 spiro atoms. The number of methoxy groups -OCH3 is 1. The van der Waals surface area contributed by atoms with Crippen LogP contribution in [-0.4, -0.2) is 56.9 Å². The highest BCUT2D eigenvalue weighted by Crippen LogP contribution is 2.25. The Hall–Kier alpha value is -4.53. The molecule has 1 atom stereocenters. The van der Waals surface area contributed by atoms with E-state index in [1.807, 2.05) is 75.4 Å². The number of rotatable bonds is 9. The van der Waals surface area contributed by atoms with E-state index >= 15 is 0 Å². The Morgan fingerprint density at radius 1 is 0.949 bits per heavy atom. The van der Waals surface area contributed by atoms with E-state index < -0.39 is 17.6 Å². The Balaban J connectivity index is 1.73. The summed E-state index contributed by atoms with van der Waals surface area (Å²) in [6.45, 7) is 5.87. The van der Waals surface area contributed by atoms with Gasteiger partial charge in [-0.2, -0.15) is 0 Å². The van der Waals surface area contributed by atoms with Gasteiger partial charge in [0.05, 0.1) is 18.2 Å². The monoisotopic (exact) mass is 527 g/mol. The zero-order valence-electron chi connectivity index (χ0n) is 22.6. The quantitative estimate of drug-likeness (QED) is 0.331. The molecule has 9 heteroatoms. The molecule has 202 valence electrons. The Morgan fingerprint density at radius 3 is 2.28 bits per heavy atom. The molecule has 0 saturated carbocycles. The maximum Gasteiger partial charge on any atom is 0.337 e. The van der Waals surface area contributed by atoms with Gasteiger partial charge in [0, 0.05) is 12.1 Å². The van der Waals surface area contributed by atoms with Crippen LogP contribution in [0.25, 0.3) is 11.0 Å². The highest BCUT2D eigenvalue weighted by atomic mass is 16.5. The molecular weight excluding hydrogens is 494 g/mol. The average molecular weight is 528 g/mol. The van der Waals surface area contributed by atoms with Gasteiger partial charge in [0.1, 0.15) is 18.1 Å². The second-order valence-corrected chi connectivity index (χ2v) is 10.3. The molecular formula is C30H33N5O4. The van der Waals surface area contributed by atoms with Crippen LogP contribution in [0.15, 0.2) is 78.9 Å². The largest absolute Gasteiger partial charge is 0.465 e. The normalized spacial score (nSPS) is 12.1. The Bertz CT molecular complexity index is 1440. The van der Waals surface area contributed by atoms with Crippen LogP contribution in [0.3, 0.4) is 0 Å². The summed E-state index contributed by atoms with van der Waals surface area (Å²) in [7, 11) is 1.31. The van der Waals surface area contributed by atoms with Gasteiger partial charge in [-0.15, -0.1) is 5.10 Å². The van der Waals surface area contributed by atoms with E-state index in [0.29, 0.717) is 23.1 Å². The third-order valence-corrected chi connectivity index (χ3v) is 6.22. The van der Waals surface area contributed by atoms with E-state index in [-0.39, 0.29) is 24.9 Å². The molecule has 4 rings (SSSR count). The van der Waals surface area contributed by atoms with Gasteiger partial charge in [0.2, 0.25) is 11.8 Å². The third kappa shape index (κ3) is 6.87. The molecule has 4 aromatic rings. The van der Waals surface area contributed by atoms with Crippen molar-refractivity contribution in [3.05, 3.63) is 95.6 Å². The van der Waals surface area contributed by atoms with Crippen molar-refractivity contribution < 1.29 is 19.1 Å². The van der Waals surface area contributed by atoms with Gasteiger partial charge in [0.25, 0.3) is 0 Å². The fraction of sp³-hybridized carbons (Fsp3) is 0.300. The Morgan fingerprint density at radius 2 is 1.62 bits per heavy atom. The van der Waals surface area contributed by atoms with Crippen molar-refractivity contribution in [3.63, 3.8) is 0 Å². The number of amides is 2. The molecule has 0 aliphatic rings.